The quantitative estimate of drug-likeness (QED) is 0.785. The lowest BCUT2D eigenvalue weighted by Crippen LogP contribution is -2.54. The smallest absolute Gasteiger partial charge is 0.287 e. The summed E-state index contributed by atoms with van der Waals surface area (Å²) >= 11 is 5.05. The van der Waals surface area contributed by atoms with Crippen molar-refractivity contribution in [3.05, 3.63) is 24.2 Å². The Labute approximate surface area is 99.2 Å². The molecule has 1 saturated carbocycles. The maximum Gasteiger partial charge on any atom is 0.287 e. The largest absolute Gasteiger partial charge is 0.459 e. The average molecular weight is 238 g/mol. The first-order valence-corrected chi connectivity index (χ1v) is 5.71. The molecule has 3 N–H and O–H groups in total. The summed E-state index contributed by atoms with van der Waals surface area (Å²) in [6.45, 7) is 0. The maximum absolute atomic E-state index is 11.9. The second-order valence-electron chi connectivity index (χ2n) is 4.08. The molecule has 16 heavy (non-hydrogen) atoms. The lowest BCUT2D eigenvalue weighted by atomic mass is 9.97. The van der Waals surface area contributed by atoms with Gasteiger partial charge in [0.2, 0.25) is 0 Å². The summed E-state index contributed by atoms with van der Waals surface area (Å²) in [6, 6.07) is 3.30. The van der Waals surface area contributed by atoms with Gasteiger partial charge in [-0.1, -0.05) is 25.1 Å². The van der Waals surface area contributed by atoms with Crippen molar-refractivity contribution in [1.82, 2.24) is 5.32 Å². The van der Waals surface area contributed by atoms with Crippen LogP contribution >= 0.6 is 12.2 Å². The van der Waals surface area contributed by atoms with Crippen LogP contribution in [0.1, 0.15) is 36.2 Å². The van der Waals surface area contributed by atoms with Gasteiger partial charge in [0.15, 0.2) is 5.76 Å². The number of rotatable bonds is 3. The number of carbonyl (C=O) groups excluding carboxylic acids is 1. The Bertz CT molecular complexity index is 394. The van der Waals surface area contributed by atoms with Gasteiger partial charge in [0.1, 0.15) is 0 Å². The van der Waals surface area contributed by atoms with Crippen LogP contribution < -0.4 is 11.1 Å². The molecule has 1 aromatic rings. The van der Waals surface area contributed by atoms with Crippen molar-refractivity contribution in [1.29, 1.82) is 0 Å². The van der Waals surface area contributed by atoms with Crippen LogP contribution in [0.25, 0.3) is 0 Å². The van der Waals surface area contributed by atoms with Crippen molar-refractivity contribution in [3.63, 3.8) is 0 Å². The molecule has 0 radical (unpaired) electrons. The van der Waals surface area contributed by atoms with Gasteiger partial charge in [0, 0.05) is 0 Å². The summed E-state index contributed by atoms with van der Waals surface area (Å²) in [5.74, 6) is 0.0437. The molecular weight excluding hydrogens is 224 g/mol. The molecular formula is C11H14N2O2S. The van der Waals surface area contributed by atoms with Crippen molar-refractivity contribution < 1.29 is 9.21 Å². The van der Waals surface area contributed by atoms with Crippen LogP contribution in [0.2, 0.25) is 0 Å². The first kappa shape index (κ1) is 11.1. The van der Waals surface area contributed by atoms with Gasteiger partial charge in [-0.3, -0.25) is 4.79 Å². The van der Waals surface area contributed by atoms with Crippen LogP contribution in [-0.2, 0) is 0 Å². The number of thiocarbonyl (C=S) groups is 1. The van der Waals surface area contributed by atoms with Gasteiger partial charge >= 0.3 is 0 Å². The van der Waals surface area contributed by atoms with Crippen molar-refractivity contribution >= 4 is 23.1 Å². The van der Waals surface area contributed by atoms with Gasteiger partial charge in [0.05, 0.1) is 16.8 Å². The molecule has 0 spiro atoms. The monoisotopic (exact) mass is 238 g/mol. The fraction of sp³-hybridized carbons (Fsp3) is 0.455. The third-order valence-corrected chi connectivity index (χ3v) is 3.42. The summed E-state index contributed by atoms with van der Waals surface area (Å²) < 4.78 is 5.03. The predicted octanol–water partition coefficient (Wildman–Crippen LogP) is 1.61. The van der Waals surface area contributed by atoms with Gasteiger partial charge in [-0.15, -0.1) is 0 Å². The standard InChI is InChI=1S/C11H14N2O2S/c12-10(16)11(5-1-2-6-11)13-9(14)8-4-3-7-15-8/h3-4,7H,1-2,5-6H2,(H2,12,16)(H,13,14). The molecule has 1 amide bonds. The number of nitrogens with two attached hydrogens (primary N) is 1. The highest BCUT2D eigenvalue weighted by Gasteiger charge is 2.38. The van der Waals surface area contributed by atoms with E-state index in [0.29, 0.717) is 10.7 Å². The summed E-state index contributed by atoms with van der Waals surface area (Å²) in [5.41, 5.74) is 5.21. The van der Waals surface area contributed by atoms with E-state index in [9.17, 15) is 4.79 Å². The predicted molar refractivity (Wildman–Crippen MR) is 64.2 cm³/mol. The minimum Gasteiger partial charge on any atom is -0.459 e. The Morgan fingerprint density at radius 2 is 2.19 bits per heavy atom. The molecule has 1 heterocycles. The first-order chi connectivity index (χ1) is 7.64. The number of hydrogen-bond acceptors (Lipinski definition) is 3. The number of nitrogens with one attached hydrogen (secondary N) is 1. The third-order valence-electron chi connectivity index (χ3n) is 3.03. The SMILES string of the molecule is NC(=S)C1(NC(=O)c2ccco2)CCCC1. The molecule has 0 bridgehead atoms. The molecule has 0 aromatic carbocycles. The number of amides is 1. The average Bonchev–Trinajstić information content (AvgIpc) is 2.88. The van der Waals surface area contributed by atoms with Gasteiger partial charge < -0.3 is 15.5 Å². The molecule has 0 atom stereocenters. The molecule has 4 nitrogen and oxygen atoms in total. The Kier molecular flexibility index (Phi) is 2.96. The van der Waals surface area contributed by atoms with E-state index in [0.717, 1.165) is 25.7 Å². The second-order valence-corrected chi connectivity index (χ2v) is 4.52. The zero-order valence-electron chi connectivity index (χ0n) is 8.86. The number of furan rings is 1. The Balaban J connectivity index is 2.13. The highest BCUT2D eigenvalue weighted by molar-refractivity contribution is 7.80. The van der Waals surface area contributed by atoms with E-state index in [1.807, 2.05) is 0 Å². The molecule has 0 aliphatic heterocycles. The summed E-state index contributed by atoms with van der Waals surface area (Å²) in [6.07, 6.45) is 5.17. The molecule has 0 unspecified atom stereocenters. The molecule has 1 fully saturated rings. The van der Waals surface area contributed by atoms with E-state index in [-0.39, 0.29) is 5.91 Å². The lowest BCUT2D eigenvalue weighted by molar-refractivity contribution is 0.0896. The Morgan fingerprint density at radius 3 is 2.69 bits per heavy atom. The van der Waals surface area contributed by atoms with Crippen LogP contribution in [0.4, 0.5) is 0 Å². The van der Waals surface area contributed by atoms with Crippen LogP contribution in [0.15, 0.2) is 22.8 Å². The minimum atomic E-state index is -0.515. The number of hydrogen-bond donors (Lipinski definition) is 2. The Morgan fingerprint density at radius 1 is 1.50 bits per heavy atom. The molecule has 1 aliphatic carbocycles. The molecule has 1 aromatic heterocycles. The summed E-state index contributed by atoms with van der Waals surface area (Å²) in [7, 11) is 0. The molecule has 1 aliphatic rings. The van der Waals surface area contributed by atoms with Crippen LogP contribution in [0.5, 0.6) is 0 Å². The zero-order chi connectivity index (χ0) is 11.6. The normalized spacial score (nSPS) is 18.2. The van der Waals surface area contributed by atoms with E-state index >= 15 is 0 Å². The summed E-state index contributed by atoms with van der Waals surface area (Å²) in [4.78, 5) is 12.2. The second kappa shape index (κ2) is 4.25. The van der Waals surface area contributed by atoms with Crippen molar-refractivity contribution in [3.8, 4) is 0 Å². The van der Waals surface area contributed by atoms with E-state index < -0.39 is 5.54 Å². The molecule has 0 saturated heterocycles. The third kappa shape index (κ3) is 1.95. The number of carbonyl (C=O) groups is 1. The fourth-order valence-electron chi connectivity index (χ4n) is 2.10. The van der Waals surface area contributed by atoms with Crippen LogP contribution in [0.3, 0.4) is 0 Å². The fourth-order valence-corrected chi connectivity index (χ4v) is 2.35. The topological polar surface area (TPSA) is 68.3 Å². The lowest BCUT2D eigenvalue weighted by Gasteiger charge is -2.28. The van der Waals surface area contributed by atoms with Gasteiger partial charge in [-0.2, -0.15) is 0 Å². The molecule has 2 rings (SSSR count). The van der Waals surface area contributed by atoms with Gasteiger partial charge in [-0.25, -0.2) is 0 Å². The van der Waals surface area contributed by atoms with E-state index in [2.05, 4.69) is 5.32 Å². The first-order valence-electron chi connectivity index (χ1n) is 5.30. The zero-order valence-corrected chi connectivity index (χ0v) is 9.68. The highest BCUT2D eigenvalue weighted by atomic mass is 32.1. The maximum atomic E-state index is 11.9. The van der Waals surface area contributed by atoms with Crippen LogP contribution in [-0.4, -0.2) is 16.4 Å². The molecule has 5 heteroatoms. The van der Waals surface area contributed by atoms with E-state index in [1.165, 1.54) is 6.26 Å². The van der Waals surface area contributed by atoms with Gasteiger partial charge in [0.25, 0.3) is 5.91 Å². The van der Waals surface area contributed by atoms with Gasteiger partial charge in [-0.05, 0) is 25.0 Å². The Hall–Kier alpha value is -1.36. The molecule has 86 valence electrons. The van der Waals surface area contributed by atoms with E-state index in [1.54, 1.807) is 12.1 Å². The highest BCUT2D eigenvalue weighted by Crippen LogP contribution is 2.30. The van der Waals surface area contributed by atoms with Crippen molar-refractivity contribution in [2.75, 3.05) is 0 Å². The van der Waals surface area contributed by atoms with E-state index in [4.69, 9.17) is 22.4 Å². The van der Waals surface area contributed by atoms with Crippen molar-refractivity contribution in [2.24, 2.45) is 5.73 Å². The van der Waals surface area contributed by atoms with Crippen LogP contribution in [0, 0.1) is 0 Å². The summed E-state index contributed by atoms with van der Waals surface area (Å²) in [5, 5.41) is 2.90. The van der Waals surface area contributed by atoms with Crippen molar-refractivity contribution in [2.45, 2.75) is 31.2 Å². The minimum absolute atomic E-state index is 0.250.